The van der Waals surface area contributed by atoms with Gasteiger partial charge in [0.15, 0.2) is 29.3 Å². The van der Waals surface area contributed by atoms with Crippen molar-refractivity contribution >= 4 is 0 Å². The van der Waals surface area contributed by atoms with Crippen LogP contribution in [0.1, 0.15) is 23.3 Å². The van der Waals surface area contributed by atoms with Gasteiger partial charge < -0.3 is 78.7 Å². The van der Waals surface area contributed by atoms with Crippen LogP contribution in [-0.4, -0.2) is 143 Å². The molecule has 0 bridgehead atoms. The van der Waals surface area contributed by atoms with Crippen LogP contribution in [0.5, 0.6) is 23.0 Å². The Labute approximate surface area is 275 Å². The second-order valence-corrected chi connectivity index (χ2v) is 12.3. The highest BCUT2D eigenvalue weighted by Gasteiger charge is 2.50. The molecule has 4 aliphatic heterocycles. The molecule has 0 aromatic heterocycles. The molecule has 266 valence electrons. The molecule has 2 aromatic carbocycles. The highest BCUT2D eigenvalue weighted by atomic mass is 16.7. The normalized spacial score (nSPS) is 39.6. The molecule has 2 aromatic rings. The van der Waals surface area contributed by atoms with E-state index in [9.17, 15) is 40.9 Å². The maximum Gasteiger partial charge on any atom is 0.229 e. The van der Waals surface area contributed by atoms with E-state index >= 15 is 0 Å². The van der Waals surface area contributed by atoms with Crippen molar-refractivity contribution in [1.82, 2.24) is 0 Å². The molecule has 4 saturated heterocycles. The molecule has 0 aliphatic carbocycles. The van der Waals surface area contributed by atoms with Gasteiger partial charge in [0.25, 0.3) is 0 Å². The number of rotatable bonds is 10. The van der Waals surface area contributed by atoms with Crippen LogP contribution in [0.3, 0.4) is 0 Å². The summed E-state index contributed by atoms with van der Waals surface area (Å²) >= 11 is 0. The topological polar surface area (TPSA) is 236 Å². The maximum atomic E-state index is 10.7. The first-order valence-corrected chi connectivity index (χ1v) is 15.6. The zero-order valence-electron chi connectivity index (χ0n) is 26.2. The van der Waals surface area contributed by atoms with Crippen LogP contribution in [-0.2, 0) is 23.7 Å². The van der Waals surface area contributed by atoms with E-state index in [1.54, 1.807) is 36.4 Å². The molecule has 16 heteroatoms. The number of phenols is 1. The van der Waals surface area contributed by atoms with Crippen molar-refractivity contribution in [3.63, 3.8) is 0 Å². The first kappa shape index (κ1) is 35.0. The molecule has 6 rings (SSSR count). The molecule has 4 heterocycles. The van der Waals surface area contributed by atoms with Gasteiger partial charge in [-0.05, 0) is 35.4 Å². The van der Waals surface area contributed by atoms with Crippen LogP contribution in [0.4, 0.5) is 0 Å². The van der Waals surface area contributed by atoms with E-state index in [-0.39, 0.29) is 41.3 Å². The van der Waals surface area contributed by atoms with Crippen molar-refractivity contribution < 1.29 is 78.7 Å². The smallest absolute Gasteiger partial charge is 0.229 e. The monoisotopic (exact) mass is 682 g/mol. The molecule has 0 spiro atoms. The van der Waals surface area contributed by atoms with Gasteiger partial charge in [-0.2, -0.15) is 0 Å². The third-order valence-corrected chi connectivity index (χ3v) is 9.50. The minimum atomic E-state index is -1.72. The first-order chi connectivity index (χ1) is 23.1. The van der Waals surface area contributed by atoms with E-state index in [0.717, 1.165) is 11.1 Å². The first-order valence-electron chi connectivity index (χ1n) is 15.6. The highest BCUT2D eigenvalue weighted by molar-refractivity contribution is 5.45. The van der Waals surface area contributed by atoms with E-state index in [4.69, 9.17) is 37.9 Å². The van der Waals surface area contributed by atoms with Gasteiger partial charge in [0.2, 0.25) is 6.29 Å². The summed E-state index contributed by atoms with van der Waals surface area (Å²) in [5.74, 6) is 0.914. The fourth-order valence-electron chi connectivity index (χ4n) is 6.74. The highest BCUT2D eigenvalue weighted by Crippen LogP contribution is 2.51. The standard InChI is InChI=1S/C32H42O16/c1-41-19-7-13(3-5-17(19)34)29-15-10-44-30(16(15)11-43-29)14-4-6-18(20(8-14)42-2)46-32-28(40)26(38)24(36)22(48-32)12-45-31-27(39)25(37)23(35)21(9-33)47-31/h3-8,15-16,21-40H,9-12H2,1-2H3/t15-,16-,21+,22+,23+,24+,25-,26-,27+,28+,29-,30-,31+,32+/m0/s1. The third-order valence-electron chi connectivity index (χ3n) is 9.50. The van der Waals surface area contributed by atoms with E-state index in [1.165, 1.54) is 14.2 Å². The van der Waals surface area contributed by atoms with Gasteiger partial charge in [0, 0.05) is 11.8 Å². The Kier molecular flexibility index (Phi) is 10.6. The van der Waals surface area contributed by atoms with Crippen molar-refractivity contribution in [2.75, 3.05) is 40.6 Å². The van der Waals surface area contributed by atoms with Gasteiger partial charge >= 0.3 is 0 Å². The van der Waals surface area contributed by atoms with Gasteiger partial charge in [-0.15, -0.1) is 0 Å². The van der Waals surface area contributed by atoms with Crippen LogP contribution < -0.4 is 14.2 Å². The molecule has 0 radical (unpaired) electrons. The molecular weight excluding hydrogens is 640 g/mol. The van der Waals surface area contributed by atoms with Gasteiger partial charge in [-0.3, -0.25) is 0 Å². The number of hydrogen-bond acceptors (Lipinski definition) is 16. The maximum absolute atomic E-state index is 10.7. The molecule has 4 fully saturated rings. The summed E-state index contributed by atoms with van der Waals surface area (Å²) in [5, 5.41) is 81.5. The molecule has 0 amide bonds. The molecule has 8 N–H and O–H groups in total. The van der Waals surface area contributed by atoms with Gasteiger partial charge in [0.1, 0.15) is 48.8 Å². The number of benzene rings is 2. The van der Waals surface area contributed by atoms with E-state index < -0.39 is 74.6 Å². The van der Waals surface area contributed by atoms with E-state index in [1.807, 2.05) is 0 Å². The number of fused-ring (bicyclic) bond motifs is 1. The Balaban J connectivity index is 1.12. The summed E-state index contributed by atoms with van der Waals surface area (Å²) in [7, 11) is 2.92. The number of aliphatic hydroxyl groups excluding tert-OH is 7. The van der Waals surface area contributed by atoms with Gasteiger partial charge in [-0.25, -0.2) is 0 Å². The van der Waals surface area contributed by atoms with Crippen molar-refractivity contribution in [2.45, 2.75) is 73.6 Å². The largest absolute Gasteiger partial charge is 0.504 e. The summed E-state index contributed by atoms with van der Waals surface area (Å²) in [4.78, 5) is 0. The SMILES string of the molecule is COc1cc([C@@H]2OC[C@H]3[C@@H]2CO[C@H]3c2ccc(O[C@@H]3O[C@H](CO[C@@H]4O[C@H](CO)[C@@H](O)[C@H](O)[C@H]4O)[C@@H](O)[C@H](O)[C@H]3O)c(OC)c2)ccc1O. The fraction of sp³-hybridized carbons (Fsp3) is 0.625. The lowest BCUT2D eigenvalue weighted by Gasteiger charge is -2.42. The molecule has 16 nitrogen and oxygen atoms in total. The molecule has 14 atom stereocenters. The van der Waals surface area contributed by atoms with Crippen molar-refractivity contribution in [3.05, 3.63) is 47.5 Å². The zero-order chi connectivity index (χ0) is 34.3. The molecule has 48 heavy (non-hydrogen) atoms. The van der Waals surface area contributed by atoms with Crippen LogP contribution in [0.25, 0.3) is 0 Å². The van der Waals surface area contributed by atoms with Crippen LogP contribution in [0.15, 0.2) is 36.4 Å². The Morgan fingerprint density at radius 3 is 1.79 bits per heavy atom. The zero-order valence-corrected chi connectivity index (χ0v) is 26.2. The Morgan fingerprint density at radius 2 is 1.19 bits per heavy atom. The summed E-state index contributed by atoms with van der Waals surface area (Å²) in [6, 6.07) is 10.3. The van der Waals surface area contributed by atoms with Crippen LogP contribution in [0.2, 0.25) is 0 Å². The van der Waals surface area contributed by atoms with Crippen LogP contribution in [0, 0.1) is 11.8 Å². The number of aliphatic hydroxyl groups is 7. The molecule has 0 saturated carbocycles. The Bertz CT molecular complexity index is 1390. The number of methoxy groups -OCH3 is 2. The average Bonchev–Trinajstić information content (AvgIpc) is 3.71. The average molecular weight is 683 g/mol. The van der Waals surface area contributed by atoms with Gasteiger partial charge in [0.05, 0.1) is 52.9 Å². The predicted molar refractivity (Wildman–Crippen MR) is 159 cm³/mol. The lowest BCUT2D eigenvalue weighted by Crippen LogP contribution is -2.62. The minimum Gasteiger partial charge on any atom is -0.504 e. The molecular formula is C32H42O16. The lowest BCUT2D eigenvalue weighted by molar-refractivity contribution is -0.323. The summed E-state index contributed by atoms with van der Waals surface area (Å²) in [6.45, 7) is -0.269. The Hall–Kier alpha value is -2.84. The number of phenolic OH excluding ortho intramolecular Hbond substituents is 1. The van der Waals surface area contributed by atoms with E-state index in [2.05, 4.69) is 0 Å². The fourth-order valence-corrected chi connectivity index (χ4v) is 6.74. The van der Waals surface area contributed by atoms with Crippen molar-refractivity contribution in [2.24, 2.45) is 11.8 Å². The minimum absolute atomic E-state index is 0.0239. The summed E-state index contributed by atoms with van der Waals surface area (Å²) < 4.78 is 45.7. The Morgan fingerprint density at radius 1 is 0.646 bits per heavy atom. The lowest BCUT2D eigenvalue weighted by atomic mass is 9.85. The second kappa shape index (κ2) is 14.6. The van der Waals surface area contributed by atoms with Gasteiger partial charge in [-0.1, -0.05) is 12.1 Å². The second-order valence-electron chi connectivity index (χ2n) is 12.3. The van der Waals surface area contributed by atoms with E-state index in [0.29, 0.717) is 19.0 Å². The summed E-state index contributed by atoms with van der Waals surface area (Å²) in [6.07, 6.45) is -16.1. The summed E-state index contributed by atoms with van der Waals surface area (Å²) in [5.41, 5.74) is 1.67. The molecule has 4 aliphatic rings. The van der Waals surface area contributed by atoms with Crippen molar-refractivity contribution in [1.29, 1.82) is 0 Å². The number of aromatic hydroxyl groups is 1. The number of hydrogen-bond donors (Lipinski definition) is 8. The van der Waals surface area contributed by atoms with Crippen molar-refractivity contribution in [3.8, 4) is 23.0 Å². The number of ether oxygens (including phenoxy) is 8. The predicted octanol–water partition coefficient (Wildman–Crippen LogP) is -1.51. The third kappa shape index (κ3) is 6.56. The molecule has 0 unspecified atom stereocenters. The quantitative estimate of drug-likeness (QED) is 0.142. The van der Waals surface area contributed by atoms with Crippen LogP contribution >= 0.6 is 0 Å².